The van der Waals surface area contributed by atoms with Crippen molar-refractivity contribution < 1.29 is 19.0 Å². The Bertz CT molecular complexity index is 1150. The van der Waals surface area contributed by atoms with Crippen molar-refractivity contribution in [1.29, 1.82) is 0 Å². The van der Waals surface area contributed by atoms with Crippen LogP contribution in [0.15, 0.2) is 27.9 Å². The number of hydrogen-bond donors (Lipinski definition) is 0. The summed E-state index contributed by atoms with van der Waals surface area (Å²) in [4.78, 5) is 27.0. The summed E-state index contributed by atoms with van der Waals surface area (Å²) in [5, 5.41) is 0.498. The molecule has 32 heavy (non-hydrogen) atoms. The first-order valence-electron chi connectivity index (χ1n) is 11.0. The minimum Gasteiger partial charge on any atom is -0.489 e. The van der Waals surface area contributed by atoms with Gasteiger partial charge < -0.3 is 18.8 Å². The van der Waals surface area contributed by atoms with Gasteiger partial charge in [-0.3, -0.25) is 4.79 Å². The van der Waals surface area contributed by atoms with Gasteiger partial charge in [-0.2, -0.15) is 0 Å². The highest BCUT2D eigenvalue weighted by Gasteiger charge is 2.36. The molecule has 8 heteroatoms. The first-order chi connectivity index (χ1) is 15.3. The van der Waals surface area contributed by atoms with E-state index in [9.17, 15) is 9.59 Å². The first kappa shape index (κ1) is 21.9. The number of nitrogens with zero attached hydrogens (tertiary/aromatic N) is 1. The van der Waals surface area contributed by atoms with Crippen LogP contribution < -0.4 is 10.3 Å². The van der Waals surface area contributed by atoms with Crippen LogP contribution in [0.4, 0.5) is 0 Å². The average Bonchev–Trinajstić information content (AvgIpc) is 3.55. The predicted octanol–water partition coefficient (Wildman–Crippen LogP) is 5.23. The van der Waals surface area contributed by atoms with Gasteiger partial charge in [0.15, 0.2) is 0 Å². The number of carbonyl (C=O) groups is 1. The van der Waals surface area contributed by atoms with Crippen molar-refractivity contribution in [2.45, 2.75) is 68.4 Å². The number of benzene rings is 1. The molecule has 0 amide bonds. The normalized spacial score (nSPS) is 21.5. The molecule has 1 atom stereocenters. The molecule has 0 N–H and O–H groups in total. The van der Waals surface area contributed by atoms with E-state index < -0.39 is 5.97 Å². The number of ether oxygens (including phenoxy) is 3. The Labute approximate surface area is 196 Å². The molecule has 1 unspecified atom stereocenters. The molecular formula is C24H26ClNO5S. The van der Waals surface area contributed by atoms with E-state index in [4.69, 9.17) is 25.8 Å². The number of pyridine rings is 1. The maximum Gasteiger partial charge on any atom is 0.344 e. The van der Waals surface area contributed by atoms with Crippen LogP contribution in [0.1, 0.15) is 62.0 Å². The Morgan fingerprint density at radius 2 is 2.09 bits per heavy atom. The van der Waals surface area contributed by atoms with E-state index in [0.717, 1.165) is 47.6 Å². The molecule has 170 valence electrons. The van der Waals surface area contributed by atoms with Crippen molar-refractivity contribution >= 4 is 29.3 Å². The summed E-state index contributed by atoms with van der Waals surface area (Å²) in [6.45, 7) is 6.79. The van der Waals surface area contributed by atoms with Crippen molar-refractivity contribution in [3.63, 3.8) is 0 Å². The lowest BCUT2D eigenvalue weighted by Gasteiger charge is -2.38. The molecule has 1 aromatic carbocycles. The number of esters is 1. The van der Waals surface area contributed by atoms with Crippen LogP contribution in [0.5, 0.6) is 5.75 Å². The molecule has 3 aliphatic rings. The molecule has 1 saturated heterocycles. The first-order valence-corrected chi connectivity index (χ1v) is 12.3. The van der Waals surface area contributed by atoms with Gasteiger partial charge in [0, 0.05) is 28.7 Å². The average molecular weight is 476 g/mol. The van der Waals surface area contributed by atoms with Crippen LogP contribution in [-0.4, -0.2) is 35.5 Å². The zero-order chi connectivity index (χ0) is 22.6. The van der Waals surface area contributed by atoms with E-state index in [1.54, 1.807) is 36.2 Å². The highest BCUT2D eigenvalue weighted by molar-refractivity contribution is 7.98. The van der Waals surface area contributed by atoms with Crippen molar-refractivity contribution in [2.75, 3.05) is 13.2 Å². The van der Waals surface area contributed by atoms with Gasteiger partial charge in [0.05, 0.1) is 23.4 Å². The second-order valence-corrected chi connectivity index (χ2v) is 10.6. The van der Waals surface area contributed by atoms with Crippen molar-refractivity contribution in [2.24, 2.45) is 0 Å². The second kappa shape index (κ2) is 8.12. The summed E-state index contributed by atoms with van der Waals surface area (Å²) in [5.74, 6) is 0.709. The zero-order valence-corrected chi connectivity index (χ0v) is 20.0. The maximum absolute atomic E-state index is 13.3. The van der Waals surface area contributed by atoms with E-state index in [1.807, 2.05) is 19.1 Å². The highest BCUT2D eigenvalue weighted by atomic mass is 35.5. The number of hydrogen-bond acceptors (Lipinski definition) is 6. The molecule has 6 nitrogen and oxygen atoms in total. The van der Waals surface area contributed by atoms with Gasteiger partial charge in [-0.15, -0.1) is 11.8 Å². The van der Waals surface area contributed by atoms with Crippen molar-refractivity contribution in [3.8, 4) is 17.0 Å². The van der Waals surface area contributed by atoms with Gasteiger partial charge in [0.25, 0.3) is 5.56 Å². The number of carbonyl (C=O) groups excluding carboxylic acids is 1. The van der Waals surface area contributed by atoms with Crippen LogP contribution in [-0.2, 0) is 15.2 Å². The third kappa shape index (κ3) is 3.95. The zero-order valence-electron chi connectivity index (χ0n) is 18.4. The smallest absolute Gasteiger partial charge is 0.344 e. The third-order valence-electron chi connectivity index (χ3n) is 6.07. The fourth-order valence-corrected chi connectivity index (χ4v) is 5.36. The van der Waals surface area contributed by atoms with Gasteiger partial charge in [0.1, 0.15) is 23.5 Å². The summed E-state index contributed by atoms with van der Waals surface area (Å²) in [6, 6.07) is 5.63. The fourth-order valence-electron chi connectivity index (χ4n) is 4.11. The molecule has 2 fully saturated rings. The SMILES string of the molecule is CC(C)OC(=O)c1cc2c(n(C3CC3)c1=O)-c1cc(Cl)c(OCC3(C)CCO3)cc1SC2. The lowest BCUT2D eigenvalue weighted by Crippen LogP contribution is -2.45. The summed E-state index contributed by atoms with van der Waals surface area (Å²) >= 11 is 8.26. The van der Waals surface area contributed by atoms with Gasteiger partial charge in [-0.25, -0.2) is 4.79 Å². The van der Waals surface area contributed by atoms with E-state index in [-0.39, 0.29) is 28.9 Å². The number of fused-ring (bicyclic) bond motifs is 3. The minimum atomic E-state index is -0.563. The summed E-state index contributed by atoms with van der Waals surface area (Å²) in [7, 11) is 0. The second-order valence-electron chi connectivity index (χ2n) is 9.20. The number of aromatic nitrogens is 1. The van der Waals surface area contributed by atoms with E-state index in [2.05, 4.69) is 0 Å². The molecular weight excluding hydrogens is 450 g/mol. The standard InChI is InChI=1S/C24H26ClNO5S/c1-13(2)31-23(28)17-8-14-11-32-20-10-19(29-12-24(3)6-7-30-24)18(25)9-16(20)21(14)26(22(17)27)15-4-5-15/h8-10,13,15H,4-7,11-12H2,1-3H3. The van der Waals surface area contributed by atoms with E-state index in [1.165, 1.54) is 0 Å². The van der Waals surface area contributed by atoms with Crippen LogP contribution in [0.25, 0.3) is 11.3 Å². The molecule has 1 saturated carbocycles. The Balaban J connectivity index is 1.55. The highest BCUT2D eigenvalue weighted by Crippen LogP contribution is 2.48. The van der Waals surface area contributed by atoms with Crippen molar-refractivity contribution in [1.82, 2.24) is 4.57 Å². The Morgan fingerprint density at radius 3 is 2.72 bits per heavy atom. The lowest BCUT2D eigenvalue weighted by atomic mass is 9.99. The van der Waals surface area contributed by atoms with Crippen LogP contribution >= 0.6 is 23.4 Å². The van der Waals surface area contributed by atoms with Gasteiger partial charge in [-0.05, 0) is 57.4 Å². The van der Waals surface area contributed by atoms with Crippen molar-refractivity contribution in [3.05, 3.63) is 44.7 Å². The molecule has 1 aliphatic carbocycles. The van der Waals surface area contributed by atoms with Crippen LogP contribution in [0.2, 0.25) is 5.02 Å². The monoisotopic (exact) mass is 475 g/mol. The Kier molecular flexibility index (Phi) is 5.55. The number of rotatable bonds is 6. The molecule has 5 rings (SSSR count). The van der Waals surface area contributed by atoms with Crippen LogP contribution in [0, 0.1) is 0 Å². The van der Waals surface area contributed by atoms with E-state index >= 15 is 0 Å². The van der Waals surface area contributed by atoms with E-state index in [0.29, 0.717) is 23.1 Å². The lowest BCUT2D eigenvalue weighted by molar-refractivity contribution is -0.152. The summed E-state index contributed by atoms with van der Waals surface area (Å²) < 4.78 is 18.7. The summed E-state index contributed by atoms with van der Waals surface area (Å²) in [5.41, 5.74) is 2.27. The summed E-state index contributed by atoms with van der Waals surface area (Å²) in [6.07, 6.45) is 2.52. The third-order valence-corrected chi connectivity index (χ3v) is 7.47. The molecule has 0 radical (unpaired) electrons. The Hall–Kier alpha value is -1.96. The predicted molar refractivity (Wildman–Crippen MR) is 124 cm³/mol. The quantitative estimate of drug-likeness (QED) is 0.533. The molecule has 1 aromatic heterocycles. The van der Waals surface area contributed by atoms with Gasteiger partial charge in [0.2, 0.25) is 0 Å². The molecule has 3 heterocycles. The largest absolute Gasteiger partial charge is 0.489 e. The van der Waals surface area contributed by atoms with Crippen LogP contribution in [0.3, 0.4) is 0 Å². The number of halogens is 1. The molecule has 0 spiro atoms. The fraction of sp³-hybridized carbons (Fsp3) is 0.500. The van der Waals surface area contributed by atoms with Gasteiger partial charge in [-0.1, -0.05) is 11.6 Å². The Morgan fingerprint density at radius 1 is 1.34 bits per heavy atom. The topological polar surface area (TPSA) is 66.8 Å². The molecule has 2 aliphatic heterocycles. The molecule has 2 aromatic rings. The van der Waals surface area contributed by atoms with Gasteiger partial charge >= 0.3 is 5.97 Å². The number of thioether (sulfide) groups is 1. The minimum absolute atomic E-state index is 0.101. The maximum atomic E-state index is 13.3. The molecule has 0 bridgehead atoms.